The Morgan fingerprint density at radius 2 is 1.83 bits per heavy atom. The zero-order valence-corrected chi connectivity index (χ0v) is 13.2. The van der Waals surface area contributed by atoms with E-state index in [0.29, 0.717) is 21.7 Å². The maximum atomic E-state index is 13.8. The second-order valence-corrected chi connectivity index (χ2v) is 5.29. The molecule has 0 saturated heterocycles. The van der Waals surface area contributed by atoms with E-state index in [1.54, 1.807) is 18.2 Å². The average Bonchev–Trinajstić information content (AvgIpc) is 2.51. The van der Waals surface area contributed by atoms with Gasteiger partial charge >= 0.3 is 0 Å². The molecule has 126 valence electrons. The van der Waals surface area contributed by atoms with Crippen LogP contribution in [0.2, 0.25) is 5.02 Å². The Labute approximate surface area is 140 Å². The van der Waals surface area contributed by atoms with Gasteiger partial charge in [-0.1, -0.05) is 17.7 Å². The fourth-order valence-corrected chi connectivity index (χ4v) is 2.19. The van der Waals surface area contributed by atoms with Crippen LogP contribution < -0.4 is 10.2 Å². The monoisotopic (exact) mass is 356 g/mol. The van der Waals surface area contributed by atoms with E-state index in [9.17, 15) is 22.8 Å². The Morgan fingerprint density at radius 3 is 2.46 bits per heavy atom. The lowest BCUT2D eigenvalue weighted by Gasteiger charge is -2.21. The molecule has 24 heavy (non-hydrogen) atoms. The first kappa shape index (κ1) is 17.8. The third-order valence-electron chi connectivity index (χ3n) is 3.10. The van der Waals surface area contributed by atoms with Gasteiger partial charge in [-0.15, -0.1) is 0 Å². The van der Waals surface area contributed by atoms with Crippen molar-refractivity contribution in [3.8, 4) is 0 Å². The van der Waals surface area contributed by atoms with Crippen LogP contribution in [0, 0.1) is 17.5 Å². The largest absolute Gasteiger partial charge is 0.324 e. The van der Waals surface area contributed by atoms with Gasteiger partial charge in [0.15, 0.2) is 17.5 Å². The van der Waals surface area contributed by atoms with Gasteiger partial charge < -0.3 is 10.2 Å². The molecule has 0 fully saturated rings. The fourth-order valence-electron chi connectivity index (χ4n) is 2.00. The van der Waals surface area contributed by atoms with Crippen molar-refractivity contribution in [3.05, 3.63) is 58.9 Å². The van der Waals surface area contributed by atoms with Crippen molar-refractivity contribution in [2.24, 2.45) is 0 Å². The number of halogens is 4. The number of nitrogens with one attached hydrogen (secondary N) is 1. The van der Waals surface area contributed by atoms with Crippen LogP contribution in [0.5, 0.6) is 0 Å². The van der Waals surface area contributed by atoms with Gasteiger partial charge in [0.05, 0.1) is 5.69 Å². The van der Waals surface area contributed by atoms with Crippen molar-refractivity contribution in [3.63, 3.8) is 0 Å². The summed E-state index contributed by atoms with van der Waals surface area (Å²) in [4.78, 5) is 24.4. The fraction of sp³-hybridized carbons (Fsp3) is 0.125. The molecule has 0 aliphatic rings. The molecular weight excluding hydrogens is 345 g/mol. The molecule has 0 radical (unpaired) electrons. The smallest absolute Gasteiger partial charge is 0.244 e. The van der Waals surface area contributed by atoms with Crippen LogP contribution in [0.15, 0.2) is 36.4 Å². The molecule has 0 aliphatic carbocycles. The lowest BCUT2D eigenvalue weighted by molar-refractivity contribution is -0.120. The molecule has 2 amide bonds. The minimum atomic E-state index is -1.71. The first-order chi connectivity index (χ1) is 11.3. The van der Waals surface area contributed by atoms with Gasteiger partial charge in [-0.05, 0) is 30.3 Å². The van der Waals surface area contributed by atoms with Crippen LogP contribution in [-0.2, 0) is 9.59 Å². The molecule has 0 bridgehead atoms. The second kappa shape index (κ2) is 7.35. The molecular formula is C16H12ClF3N2O2. The molecule has 2 rings (SSSR count). The molecule has 0 aromatic heterocycles. The summed E-state index contributed by atoms with van der Waals surface area (Å²) < 4.78 is 40.2. The van der Waals surface area contributed by atoms with Gasteiger partial charge in [0, 0.05) is 17.6 Å². The summed E-state index contributed by atoms with van der Waals surface area (Å²) in [6.45, 7) is 0.497. The minimum Gasteiger partial charge on any atom is -0.324 e. The summed E-state index contributed by atoms with van der Waals surface area (Å²) >= 11 is 5.79. The molecule has 0 heterocycles. The van der Waals surface area contributed by atoms with Gasteiger partial charge in [0.1, 0.15) is 6.54 Å². The van der Waals surface area contributed by atoms with Crippen molar-refractivity contribution < 1.29 is 22.8 Å². The van der Waals surface area contributed by atoms with Crippen molar-refractivity contribution >= 4 is 34.8 Å². The zero-order valence-electron chi connectivity index (χ0n) is 12.4. The van der Waals surface area contributed by atoms with Gasteiger partial charge in [0.25, 0.3) is 0 Å². The van der Waals surface area contributed by atoms with Crippen LogP contribution in [0.4, 0.5) is 24.5 Å². The number of hydrogen-bond donors (Lipinski definition) is 1. The molecule has 8 heteroatoms. The first-order valence-electron chi connectivity index (χ1n) is 6.76. The maximum absolute atomic E-state index is 13.8. The summed E-state index contributed by atoms with van der Waals surface area (Å²) in [6.07, 6.45) is 0. The highest BCUT2D eigenvalue weighted by molar-refractivity contribution is 6.30. The van der Waals surface area contributed by atoms with E-state index < -0.39 is 41.5 Å². The van der Waals surface area contributed by atoms with Crippen LogP contribution >= 0.6 is 11.6 Å². The van der Waals surface area contributed by atoms with Gasteiger partial charge in [-0.25, -0.2) is 13.2 Å². The summed E-state index contributed by atoms with van der Waals surface area (Å²) in [6, 6.07) is 7.83. The third-order valence-corrected chi connectivity index (χ3v) is 3.33. The lowest BCUT2D eigenvalue weighted by atomic mass is 10.2. The third kappa shape index (κ3) is 4.05. The molecule has 0 aliphatic heterocycles. The van der Waals surface area contributed by atoms with E-state index in [2.05, 4.69) is 5.32 Å². The van der Waals surface area contributed by atoms with Crippen LogP contribution in [0.1, 0.15) is 6.92 Å². The van der Waals surface area contributed by atoms with Gasteiger partial charge in [0.2, 0.25) is 11.8 Å². The van der Waals surface area contributed by atoms with E-state index in [1.165, 1.54) is 6.07 Å². The Kier molecular flexibility index (Phi) is 5.46. The Morgan fingerprint density at radius 1 is 1.12 bits per heavy atom. The highest BCUT2D eigenvalue weighted by atomic mass is 35.5. The molecule has 1 N–H and O–H groups in total. The van der Waals surface area contributed by atoms with E-state index in [-0.39, 0.29) is 0 Å². The van der Waals surface area contributed by atoms with Crippen molar-refractivity contribution in [1.82, 2.24) is 0 Å². The predicted octanol–water partition coefficient (Wildman–Crippen LogP) is 3.75. The summed E-state index contributed by atoms with van der Waals surface area (Å²) in [5, 5.41) is 2.87. The van der Waals surface area contributed by atoms with E-state index >= 15 is 0 Å². The van der Waals surface area contributed by atoms with E-state index in [4.69, 9.17) is 11.6 Å². The first-order valence-corrected chi connectivity index (χ1v) is 7.14. The molecule has 0 atom stereocenters. The number of carbonyl (C=O) groups is 2. The number of amides is 2. The normalized spacial score (nSPS) is 10.4. The predicted molar refractivity (Wildman–Crippen MR) is 84.4 cm³/mol. The average molecular weight is 357 g/mol. The molecule has 2 aromatic carbocycles. The maximum Gasteiger partial charge on any atom is 0.244 e. The quantitative estimate of drug-likeness (QED) is 0.848. The molecule has 0 saturated carbocycles. The van der Waals surface area contributed by atoms with Crippen LogP contribution in [0.3, 0.4) is 0 Å². The van der Waals surface area contributed by atoms with Crippen molar-refractivity contribution in [1.29, 1.82) is 0 Å². The molecule has 0 unspecified atom stereocenters. The van der Waals surface area contributed by atoms with Gasteiger partial charge in [-0.3, -0.25) is 9.59 Å². The second-order valence-electron chi connectivity index (χ2n) is 4.86. The summed E-state index contributed by atoms with van der Waals surface area (Å²) in [5.74, 6) is -6.00. The standard InChI is InChI=1S/C16H12ClF3N2O2/c1-9(23)22(13-6-5-12(18)15(19)16(13)20)8-14(24)21-11-4-2-3-10(17)7-11/h2-7H,8H2,1H3,(H,21,24). The van der Waals surface area contributed by atoms with E-state index in [1.807, 2.05) is 0 Å². The number of benzene rings is 2. The number of carbonyl (C=O) groups excluding carboxylic acids is 2. The summed E-state index contributed by atoms with van der Waals surface area (Å²) in [5.41, 5.74) is -0.149. The lowest BCUT2D eigenvalue weighted by Crippen LogP contribution is -2.37. The molecule has 4 nitrogen and oxygen atoms in total. The Hall–Kier alpha value is -2.54. The highest BCUT2D eigenvalue weighted by Crippen LogP contribution is 2.24. The number of anilines is 2. The zero-order chi connectivity index (χ0) is 17.9. The minimum absolute atomic E-state index is 0.377. The van der Waals surface area contributed by atoms with Crippen LogP contribution in [0.25, 0.3) is 0 Å². The Balaban J connectivity index is 2.22. The number of rotatable bonds is 4. The number of nitrogens with zero attached hydrogens (tertiary/aromatic N) is 1. The van der Waals surface area contributed by atoms with E-state index in [0.717, 1.165) is 13.0 Å². The van der Waals surface area contributed by atoms with Crippen LogP contribution in [-0.4, -0.2) is 18.4 Å². The van der Waals surface area contributed by atoms with Gasteiger partial charge in [-0.2, -0.15) is 0 Å². The van der Waals surface area contributed by atoms with Crippen molar-refractivity contribution in [2.45, 2.75) is 6.92 Å². The molecule has 2 aromatic rings. The Bertz CT molecular complexity index is 799. The topological polar surface area (TPSA) is 49.4 Å². The highest BCUT2D eigenvalue weighted by Gasteiger charge is 2.23. The summed E-state index contributed by atoms with van der Waals surface area (Å²) in [7, 11) is 0. The van der Waals surface area contributed by atoms with Crippen molar-refractivity contribution in [2.75, 3.05) is 16.8 Å². The number of hydrogen-bond acceptors (Lipinski definition) is 2. The molecule has 0 spiro atoms. The SMILES string of the molecule is CC(=O)N(CC(=O)Nc1cccc(Cl)c1)c1ccc(F)c(F)c1F.